The molecule has 0 bridgehead atoms. The van der Waals surface area contributed by atoms with E-state index < -0.39 is 9.84 Å². The number of likely N-dealkylation sites (N-methyl/N-ethyl adjacent to an activating group) is 1. The lowest BCUT2D eigenvalue weighted by Gasteiger charge is -2.14. The SMILES string of the molecule is CNC(Cc1ccc2ccccc2n1)CS(C)(=O)=O. The van der Waals surface area contributed by atoms with Crippen LogP contribution >= 0.6 is 0 Å². The first-order valence-corrected chi connectivity index (χ1v) is 8.23. The van der Waals surface area contributed by atoms with Gasteiger partial charge in [0.15, 0.2) is 0 Å². The Balaban J connectivity index is 2.20. The molecule has 0 spiro atoms. The maximum Gasteiger partial charge on any atom is 0.148 e. The molecular weight excluding hydrogens is 260 g/mol. The van der Waals surface area contributed by atoms with Gasteiger partial charge in [0.2, 0.25) is 0 Å². The van der Waals surface area contributed by atoms with Gasteiger partial charge < -0.3 is 5.32 Å². The van der Waals surface area contributed by atoms with Crippen molar-refractivity contribution in [3.05, 3.63) is 42.1 Å². The summed E-state index contributed by atoms with van der Waals surface area (Å²) in [4.78, 5) is 4.56. The van der Waals surface area contributed by atoms with Gasteiger partial charge in [-0.05, 0) is 19.2 Å². The maximum absolute atomic E-state index is 11.3. The minimum absolute atomic E-state index is 0.108. The average molecular weight is 278 g/mol. The van der Waals surface area contributed by atoms with Crippen molar-refractivity contribution >= 4 is 20.7 Å². The van der Waals surface area contributed by atoms with E-state index in [0.717, 1.165) is 16.6 Å². The molecule has 0 aliphatic carbocycles. The van der Waals surface area contributed by atoms with Crippen LogP contribution < -0.4 is 5.32 Å². The number of nitrogens with one attached hydrogen (secondary N) is 1. The summed E-state index contributed by atoms with van der Waals surface area (Å²) in [6.45, 7) is 0. The summed E-state index contributed by atoms with van der Waals surface area (Å²) in [5.74, 6) is 0.123. The van der Waals surface area contributed by atoms with E-state index in [-0.39, 0.29) is 11.8 Å². The minimum atomic E-state index is -2.99. The van der Waals surface area contributed by atoms with Crippen LogP contribution in [0.25, 0.3) is 10.9 Å². The molecule has 102 valence electrons. The first kappa shape index (κ1) is 14.0. The van der Waals surface area contributed by atoms with Gasteiger partial charge in [-0.3, -0.25) is 4.98 Å². The zero-order valence-electron chi connectivity index (χ0n) is 11.1. The van der Waals surface area contributed by atoms with Crippen LogP contribution in [0.2, 0.25) is 0 Å². The van der Waals surface area contributed by atoms with Crippen molar-refractivity contribution in [1.29, 1.82) is 0 Å². The summed E-state index contributed by atoms with van der Waals surface area (Å²) in [5.41, 5.74) is 1.84. The summed E-state index contributed by atoms with van der Waals surface area (Å²) >= 11 is 0. The smallest absolute Gasteiger partial charge is 0.148 e. The topological polar surface area (TPSA) is 59.1 Å². The third-order valence-electron chi connectivity index (χ3n) is 3.02. The van der Waals surface area contributed by atoms with Crippen molar-refractivity contribution in [3.8, 4) is 0 Å². The van der Waals surface area contributed by atoms with Gasteiger partial charge >= 0.3 is 0 Å². The third-order valence-corrected chi connectivity index (χ3v) is 4.03. The van der Waals surface area contributed by atoms with Crippen LogP contribution in [0.4, 0.5) is 0 Å². The van der Waals surface area contributed by atoms with E-state index in [9.17, 15) is 8.42 Å². The number of rotatable bonds is 5. The Morgan fingerprint density at radius 1 is 1.21 bits per heavy atom. The van der Waals surface area contributed by atoms with Crippen LogP contribution in [0.5, 0.6) is 0 Å². The van der Waals surface area contributed by atoms with Crippen LogP contribution in [-0.4, -0.2) is 38.5 Å². The fourth-order valence-corrected chi connectivity index (χ4v) is 3.10. The first-order chi connectivity index (χ1) is 8.98. The Hall–Kier alpha value is -1.46. The number of pyridine rings is 1. The van der Waals surface area contributed by atoms with Gasteiger partial charge in [-0.2, -0.15) is 0 Å². The maximum atomic E-state index is 11.3. The zero-order chi connectivity index (χ0) is 13.9. The lowest BCUT2D eigenvalue weighted by molar-refractivity contribution is 0.564. The molecule has 1 aromatic heterocycles. The lowest BCUT2D eigenvalue weighted by atomic mass is 10.1. The molecular formula is C14H18N2O2S. The molecule has 0 amide bonds. The van der Waals surface area contributed by atoms with Crippen LogP contribution in [0.3, 0.4) is 0 Å². The van der Waals surface area contributed by atoms with Crippen molar-refractivity contribution in [3.63, 3.8) is 0 Å². The van der Waals surface area contributed by atoms with Gasteiger partial charge in [0, 0.05) is 29.8 Å². The standard InChI is InChI=1S/C14H18N2O2S/c1-15-13(10-19(2,17)18)9-12-8-7-11-5-3-4-6-14(11)16-12/h3-8,13,15H,9-10H2,1-2H3. The van der Waals surface area contributed by atoms with E-state index in [1.54, 1.807) is 7.05 Å². The Bertz CT molecular complexity index is 668. The van der Waals surface area contributed by atoms with E-state index in [2.05, 4.69) is 10.3 Å². The van der Waals surface area contributed by atoms with E-state index in [1.165, 1.54) is 6.26 Å². The number of sulfone groups is 1. The van der Waals surface area contributed by atoms with Gasteiger partial charge in [0.1, 0.15) is 9.84 Å². The highest BCUT2D eigenvalue weighted by Crippen LogP contribution is 2.13. The van der Waals surface area contributed by atoms with E-state index in [1.807, 2.05) is 36.4 Å². The van der Waals surface area contributed by atoms with Crippen molar-refractivity contribution < 1.29 is 8.42 Å². The highest BCUT2D eigenvalue weighted by molar-refractivity contribution is 7.90. The molecule has 0 aliphatic heterocycles. The van der Waals surface area contributed by atoms with Crippen LogP contribution in [0.1, 0.15) is 5.69 Å². The molecule has 2 aromatic rings. The fraction of sp³-hybridized carbons (Fsp3) is 0.357. The van der Waals surface area contributed by atoms with Crippen LogP contribution in [0.15, 0.2) is 36.4 Å². The van der Waals surface area contributed by atoms with Gasteiger partial charge in [0.25, 0.3) is 0 Å². The van der Waals surface area contributed by atoms with Gasteiger partial charge in [-0.25, -0.2) is 8.42 Å². The number of hydrogen-bond donors (Lipinski definition) is 1. The Morgan fingerprint density at radius 2 is 1.95 bits per heavy atom. The first-order valence-electron chi connectivity index (χ1n) is 6.17. The monoisotopic (exact) mass is 278 g/mol. The summed E-state index contributed by atoms with van der Waals surface area (Å²) in [6.07, 6.45) is 1.86. The fourth-order valence-electron chi connectivity index (χ4n) is 2.08. The van der Waals surface area contributed by atoms with Gasteiger partial charge in [0.05, 0.1) is 11.3 Å². The van der Waals surface area contributed by atoms with Crippen molar-refractivity contribution in [2.45, 2.75) is 12.5 Å². The van der Waals surface area contributed by atoms with E-state index >= 15 is 0 Å². The van der Waals surface area contributed by atoms with Crippen molar-refractivity contribution in [1.82, 2.24) is 10.3 Å². The predicted octanol–water partition coefficient (Wildman–Crippen LogP) is 1.41. The quantitative estimate of drug-likeness (QED) is 0.898. The second-order valence-electron chi connectivity index (χ2n) is 4.78. The number of nitrogens with zero attached hydrogens (tertiary/aromatic N) is 1. The molecule has 1 atom stereocenters. The summed E-state index contributed by atoms with van der Waals surface area (Å²) < 4.78 is 22.7. The number of hydrogen-bond acceptors (Lipinski definition) is 4. The van der Waals surface area contributed by atoms with E-state index in [0.29, 0.717) is 6.42 Å². The molecule has 1 N–H and O–H groups in total. The Kier molecular flexibility index (Phi) is 4.17. The lowest BCUT2D eigenvalue weighted by Crippen LogP contribution is -2.34. The molecule has 5 heteroatoms. The molecule has 19 heavy (non-hydrogen) atoms. The number of benzene rings is 1. The van der Waals surface area contributed by atoms with Gasteiger partial charge in [-0.1, -0.05) is 24.3 Å². The summed E-state index contributed by atoms with van der Waals surface area (Å²) in [7, 11) is -1.21. The second-order valence-corrected chi connectivity index (χ2v) is 6.96. The zero-order valence-corrected chi connectivity index (χ0v) is 11.9. The molecule has 1 aromatic carbocycles. The second kappa shape index (κ2) is 5.67. The molecule has 2 rings (SSSR count). The van der Waals surface area contributed by atoms with E-state index in [4.69, 9.17) is 0 Å². The molecule has 1 heterocycles. The van der Waals surface area contributed by atoms with Crippen LogP contribution in [-0.2, 0) is 16.3 Å². The molecule has 0 saturated carbocycles. The Morgan fingerprint density at radius 3 is 2.63 bits per heavy atom. The highest BCUT2D eigenvalue weighted by Gasteiger charge is 2.14. The number of para-hydroxylation sites is 1. The number of fused-ring (bicyclic) bond motifs is 1. The van der Waals surface area contributed by atoms with Gasteiger partial charge in [-0.15, -0.1) is 0 Å². The predicted molar refractivity (Wildman–Crippen MR) is 78.0 cm³/mol. The molecule has 0 fully saturated rings. The minimum Gasteiger partial charge on any atom is -0.316 e. The highest BCUT2D eigenvalue weighted by atomic mass is 32.2. The molecule has 4 nitrogen and oxygen atoms in total. The third kappa shape index (κ3) is 4.01. The van der Waals surface area contributed by atoms with Crippen molar-refractivity contribution in [2.75, 3.05) is 19.1 Å². The largest absolute Gasteiger partial charge is 0.316 e. The molecule has 1 unspecified atom stereocenters. The Labute approximate surface area is 113 Å². The summed E-state index contributed by atoms with van der Waals surface area (Å²) in [5, 5.41) is 4.13. The van der Waals surface area contributed by atoms with Crippen LogP contribution in [0, 0.1) is 0 Å². The van der Waals surface area contributed by atoms with Crippen molar-refractivity contribution in [2.24, 2.45) is 0 Å². The molecule has 0 aliphatic rings. The molecule has 0 saturated heterocycles. The normalized spacial score (nSPS) is 13.6. The molecule has 0 radical (unpaired) electrons. The summed E-state index contributed by atoms with van der Waals surface area (Å²) in [6, 6.07) is 11.8. The average Bonchev–Trinajstić information content (AvgIpc) is 2.36. The number of aromatic nitrogens is 1.